The molecule has 3 N–H and O–H groups in total. The molecule has 4 aromatic carbocycles. The summed E-state index contributed by atoms with van der Waals surface area (Å²) < 4.78 is 71.7. The molecule has 0 bridgehead atoms. The molecular formula is C59H71F3N6O8Si. The molecule has 0 aliphatic carbocycles. The number of aromatic nitrogens is 2. The van der Waals surface area contributed by atoms with Crippen molar-refractivity contribution in [3.05, 3.63) is 144 Å². The largest absolute Gasteiger partial charge is 0.480 e. The standard InChI is InChI=1S/C59H71F3N6O8Si/c1-40(73-7)52-46(25-17-29-63-52)53-48(35-58(5,6)39-76-77(57(2,3)4,44-21-13-9-14-22-44)45-23-15-10-16-24-45)47-33-42(27-28-51(47)67(53)38-59(60,61)62)66-31-32-74-43(36-66)34-50(54(69)68-30-18-26-49(65-68)55(70)71)64-56(72)75-37-41-19-11-8-12-20-41/h8-17,19-25,27-29,33,40,43,49-50,65H,18,26,30-32,34-39H2,1-7H3,(H,64,72)(H,70,71)/t40?,43-,49-,50?/m0/s1. The predicted octanol–water partition coefficient (Wildman–Crippen LogP) is 9.59. The number of carbonyl (C=O) groups is 3. The molecule has 2 unspecified atom stereocenters. The Morgan fingerprint density at radius 2 is 1.56 bits per heavy atom. The molecule has 0 radical (unpaired) electrons. The Kier molecular flexibility index (Phi) is 17.6. The number of hydrogen-bond donors (Lipinski definition) is 3. The second-order valence-electron chi connectivity index (χ2n) is 21.9. The number of hydrogen-bond acceptors (Lipinski definition) is 10. The van der Waals surface area contributed by atoms with E-state index in [4.69, 9.17) is 23.6 Å². The third kappa shape index (κ3) is 13.2. The lowest BCUT2D eigenvalue weighted by Gasteiger charge is -2.44. The summed E-state index contributed by atoms with van der Waals surface area (Å²) in [6, 6.07) is 36.7. The van der Waals surface area contributed by atoms with Gasteiger partial charge in [-0.3, -0.25) is 19.6 Å². The van der Waals surface area contributed by atoms with E-state index in [0.717, 1.165) is 21.6 Å². The molecule has 2 aromatic heterocycles. The van der Waals surface area contributed by atoms with Crippen molar-refractivity contribution in [1.29, 1.82) is 0 Å². The molecule has 77 heavy (non-hydrogen) atoms. The van der Waals surface area contributed by atoms with E-state index in [9.17, 15) is 19.5 Å². The van der Waals surface area contributed by atoms with Gasteiger partial charge in [0.25, 0.3) is 14.2 Å². The number of benzene rings is 4. The number of nitrogens with one attached hydrogen (secondary N) is 2. The van der Waals surface area contributed by atoms with E-state index in [2.05, 4.69) is 74.5 Å². The molecule has 4 heterocycles. The number of carboxylic acid groups (broad SMARTS) is 1. The molecule has 8 rings (SSSR count). The number of anilines is 1. The van der Waals surface area contributed by atoms with Gasteiger partial charge in [-0.2, -0.15) is 13.2 Å². The Bertz CT molecular complexity index is 2930. The van der Waals surface area contributed by atoms with E-state index >= 15 is 13.2 Å². The number of aliphatic carboxylic acids is 1. The fourth-order valence-electron chi connectivity index (χ4n) is 10.9. The zero-order valence-corrected chi connectivity index (χ0v) is 45.9. The lowest BCUT2D eigenvalue weighted by Crippen LogP contribution is -2.67. The van der Waals surface area contributed by atoms with E-state index in [1.807, 2.05) is 79.7 Å². The molecule has 2 aliphatic heterocycles. The van der Waals surface area contributed by atoms with Crippen molar-refractivity contribution in [2.75, 3.05) is 44.9 Å². The van der Waals surface area contributed by atoms with E-state index in [-0.39, 0.29) is 44.4 Å². The van der Waals surface area contributed by atoms with Crippen molar-refractivity contribution in [3.8, 4) is 11.3 Å². The number of pyridine rings is 1. The van der Waals surface area contributed by atoms with Gasteiger partial charge in [0, 0.05) is 68.1 Å². The molecule has 410 valence electrons. The Morgan fingerprint density at radius 1 is 0.896 bits per heavy atom. The molecule has 2 amide bonds. The van der Waals surface area contributed by atoms with Gasteiger partial charge < -0.3 is 38.5 Å². The molecule has 18 heteroatoms. The number of ether oxygens (including phenoxy) is 3. The first kappa shape index (κ1) is 56.6. The third-order valence-electron chi connectivity index (χ3n) is 14.6. The first-order chi connectivity index (χ1) is 36.7. The van der Waals surface area contributed by atoms with Gasteiger partial charge in [0.2, 0.25) is 0 Å². The van der Waals surface area contributed by atoms with Crippen LogP contribution in [-0.4, -0.2) is 110 Å². The number of carboxylic acids is 1. The minimum Gasteiger partial charge on any atom is -0.480 e. The summed E-state index contributed by atoms with van der Waals surface area (Å²) in [6.45, 7) is 12.8. The Morgan fingerprint density at radius 3 is 2.18 bits per heavy atom. The van der Waals surface area contributed by atoms with Gasteiger partial charge in [-0.05, 0) is 88.5 Å². The van der Waals surface area contributed by atoms with E-state index < -0.39 is 68.7 Å². The number of alkyl halides is 3. The Labute approximate surface area is 450 Å². The lowest BCUT2D eigenvalue weighted by atomic mass is 9.84. The maximum atomic E-state index is 15.1. The SMILES string of the molecule is COC(C)c1ncccc1-c1c(CC(C)(C)CO[Si](c2ccccc2)(c2ccccc2)C(C)(C)C)c2cc(N3CCO[C@@H](CC(NC(=O)OCc4ccccc4)C(=O)N4CCC[C@@H](C(=O)O)N4)C3)ccc2n1CC(F)(F)F. The second kappa shape index (κ2) is 24.0. The number of carbonyl (C=O) groups excluding carboxylic acids is 2. The highest BCUT2D eigenvalue weighted by molar-refractivity contribution is 6.99. The van der Waals surface area contributed by atoms with Crippen LogP contribution in [0.15, 0.2) is 128 Å². The van der Waals surface area contributed by atoms with Gasteiger partial charge >= 0.3 is 18.2 Å². The van der Waals surface area contributed by atoms with Gasteiger partial charge in [-0.15, -0.1) is 0 Å². The minimum absolute atomic E-state index is 0.00623. The fraction of sp³-hybridized carbons (Fsp3) is 0.424. The molecule has 4 atom stereocenters. The topological polar surface area (TPSA) is 157 Å². The highest BCUT2D eigenvalue weighted by atomic mass is 28.4. The van der Waals surface area contributed by atoms with E-state index in [1.54, 1.807) is 37.6 Å². The number of morpholine rings is 1. The van der Waals surface area contributed by atoms with Crippen LogP contribution in [0, 0.1) is 5.41 Å². The molecular weight excluding hydrogens is 1010 g/mol. The number of rotatable bonds is 19. The molecule has 2 saturated heterocycles. The van der Waals surface area contributed by atoms with Crippen LogP contribution in [0.2, 0.25) is 5.04 Å². The number of amides is 2. The minimum atomic E-state index is -4.60. The Hall–Kier alpha value is -6.57. The van der Waals surface area contributed by atoms with Crippen molar-refractivity contribution >= 4 is 53.3 Å². The fourth-order valence-corrected chi connectivity index (χ4v) is 15.6. The van der Waals surface area contributed by atoms with E-state index in [1.165, 1.54) is 9.58 Å². The van der Waals surface area contributed by atoms with Crippen LogP contribution in [0.25, 0.3) is 22.2 Å². The molecule has 6 aromatic rings. The molecule has 14 nitrogen and oxygen atoms in total. The van der Waals surface area contributed by atoms with Gasteiger partial charge in [-0.1, -0.05) is 126 Å². The smallest absolute Gasteiger partial charge is 0.408 e. The van der Waals surface area contributed by atoms with Crippen LogP contribution in [0.3, 0.4) is 0 Å². The molecule has 2 aliphatic rings. The Balaban J connectivity index is 1.17. The summed E-state index contributed by atoms with van der Waals surface area (Å²) in [7, 11) is -1.50. The van der Waals surface area contributed by atoms with Crippen molar-refractivity contribution in [2.24, 2.45) is 5.41 Å². The van der Waals surface area contributed by atoms with Crippen LogP contribution in [0.4, 0.5) is 23.7 Å². The number of alkyl carbamates (subject to hydrolysis) is 1. The second-order valence-corrected chi connectivity index (χ2v) is 26.2. The van der Waals surface area contributed by atoms with Crippen molar-refractivity contribution in [2.45, 2.75) is 116 Å². The van der Waals surface area contributed by atoms with Crippen molar-refractivity contribution < 1.29 is 51.3 Å². The summed E-state index contributed by atoms with van der Waals surface area (Å²) >= 11 is 0. The summed E-state index contributed by atoms with van der Waals surface area (Å²) in [4.78, 5) is 46.4. The number of fused-ring (bicyclic) bond motifs is 1. The normalized spacial score (nSPS) is 17.5. The summed E-state index contributed by atoms with van der Waals surface area (Å²) in [6.07, 6.45) is -3.90. The summed E-state index contributed by atoms with van der Waals surface area (Å²) in [5, 5.41) is 16.3. The first-order valence-corrected chi connectivity index (χ1v) is 28.2. The number of nitrogens with zero attached hydrogens (tertiary/aromatic N) is 4. The molecule has 0 spiro atoms. The van der Waals surface area contributed by atoms with Gasteiger partial charge in [0.05, 0.1) is 30.2 Å². The number of halogens is 3. The quantitative estimate of drug-likeness (QED) is 0.0664. The van der Waals surface area contributed by atoms with Gasteiger partial charge in [-0.25, -0.2) is 10.2 Å². The highest BCUT2D eigenvalue weighted by Gasteiger charge is 2.51. The van der Waals surface area contributed by atoms with Crippen molar-refractivity contribution in [1.82, 2.24) is 25.3 Å². The van der Waals surface area contributed by atoms with Crippen molar-refractivity contribution in [3.63, 3.8) is 0 Å². The zero-order chi connectivity index (χ0) is 55.1. The van der Waals surface area contributed by atoms with Crippen LogP contribution < -0.4 is 26.0 Å². The van der Waals surface area contributed by atoms with Crippen LogP contribution in [0.1, 0.15) is 83.7 Å². The van der Waals surface area contributed by atoms with Crippen LogP contribution in [-0.2, 0) is 47.8 Å². The average Bonchev–Trinajstić information content (AvgIpc) is 3.70. The highest BCUT2D eigenvalue weighted by Crippen LogP contribution is 2.44. The summed E-state index contributed by atoms with van der Waals surface area (Å²) in [5.41, 5.74) is 6.13. The van der Waals surface area contributed by atoms with Gasteiger partial charge in [0.1, 0.15) is 25.2 Å². The average molecular weight is 1080 g/mol. The zero-order valence-electron chi connectivity index (χ0n) is 44.9. The van der Waals surface area contributed by atoms with Crippen LogP contribution >= 0.6 is 0 Å². The van der Waals surface area contributed by atoms with E-state index in [0.29, 0.717) is 59.2 Å². The molecule has 2 fully saturated rings. The number of methoxy groups -OCH3 is 1. The van der Waals surface area contributed by atoms with Crippen LogP contribution in [0.5, 0.6) is 0 Å². The maximum Gasteiger partial charge on any atom is 0.408 e. The first-order valence-electron chi connectivity index (χ1n) is 26.3. The van der Waals surface area contributed by atoms with Gasteiger partial charge in [0.15, 0.2) is 0 Å². The maximum absolute atomic E-state index is 15.1. The number of hydrazine groups is 1. The lowest BCUT2D eigenvalue weighted by molar-refractivity contribution is -0.148. The monoisotopic (exact) mass is 1080 g/mol. The molecule has 0 saturated carbocycles. The third-order valence-corrected chi connectivity index (χ3v) is 19.6. The predicted molar refractivity (Wildman–Crippen MR) is 293 cm³/mol. The summed E-state index contributed by atoms with van der Waals surface area (Å²) in [5.74, 6) is -1.64.